The van der Waals surface area contributed by atoms with E-state index in [1.807, 2.05) is 6.26 Å². The first-order valence-electron chi connectivity index (χ1n) is 4.80. The minimum Gasteiger partial charge on any atom is -0.304 e. The Hall–Kier alpha value is -1.36. The van der Waals surface area contributed by atoms with Crippen molar-refractivity contribution < 1.29 is 14.0 Å². The molecule has 0 aromatic heterocycles. The van der Waals surface area contributed by atoms with Crippen molar-refractivity contribution in [1.82, 2.24) is 0 Å². The Morgan fingerprint density at radius 3 is 2.81 bits per heavy atom. The van der Waals surface area contributed by atoms with Crippen LogP contribution in [-0.4, -0.2) is 30.2 Å². The van der Waals surface area contributed by atoms with Gasteiger partial charge in [-0.25, -0.2) is 4.39 Å². The lowest BCUT2D eigenvalue weighted by atomic mass is 10.1. The predicted molar refractivity (Wildman–Crippen MR) is 61.5 cm³/mol. The molecule has 0 fully saturated rings. The highest BCUT2D eigenvalue weighted by Gasteiger charge is 2.35. The number of nitrogens with zero attached hydrogens (tertiary/aromatic N) is 1. The number of benzene rings is 1. The zero-order valence-corrected chi connectivity index (χ0v) is 9.51. The molecule has 0 N–H and O–H groups in total. The predicted octanol–water partition coefficient (Wildman–Crippen LogP) is 1.72. The van der Waals surface area contributed by atoms with Crippen LogP contribution in [0.3, 0.4) is 0 Å². The fraction of sp³-hybridized carbons (Fsp3) is 0.273. The lowest BCUT2D eigenvalue weighted by Gasteiger charge is -2.15. The molecule has 0 saturated heterocycles. The third-order valence-electron chi connectivity index (χ3n) is 2.45. The fourth-order valence-corrected chi connectivity index (χ4v) is 2.04. The van der Waals surface area contributed by atoms with E-state index in [0.717, 1.165) is 11.8 Å². The third kappa shape index (κ3) is 1.71. The normalized spacial score (nSPS) is 14.5. The topological polar surface area (TPSA) is 37.4 Å². The van der Waals surface area contributed by atoms with Crippen LogP contribution in [0.5, 0.6) is 0 Å². The molecule has 1 amide bonds. The van der Waals surface area contributed by atoms with E-state index in [2.05, 4.69) is 0 Å². The Morgan fingerprint density at radius 2 is 2.12 bits per heavy atom. The summed E-state index contributed by atoms with van der Waals surface area (Å²) in [4.78, 5) is 24.6. The van der Waals surface area contributed by atoms with Crippen LogP contribution in [0.25, 0.3) is 0 Å². The van der Waals surface area contributed by atoms with E-state index in [0.29, 0.717) is 12.2 Å². The lowest BCUT2D eigenvalue weighted by molar-refractivity contribution is -0.114. The zero-order chi connectivity index (χ0) is 11.7. The molecule has 2 rings (SSSR count). The van der Waals surface area contributed by atoms with Crippen LogP contribution in [0.15, 0.2) is 18.2 Å². The van der Waals surface area contributed by atoms with Crippen LogP contribution in [0.2, 0.25) is 0 Å². The Labute approximate surface area is 96.6 Å². The second-order valence-electron chi connectivity index (χ2n) is 3.44. The molecule has 3 nitrogen and oxygen atoms in total. The van der Waals surface area contributed by atoms with Crippen LogP contribution >= 0.6 is 11.8 Å². The lowest BCUT2D eigenvalue weighted by Crippen LogP contribution is -2.31. The van der Waals surface area contributed by atoms with Gasteiger partial charge in [-0.1, -0.05) is 0 Å². The molecule has 0 atom stereocenters. The first-order chi connectivity index (χ1) is 7.65. The van der Waals surface area contributed by atoms with Crippen LogP contribution in [0.1, 0.15) is 10.4 Å². The van der Waals surface area contributed by atoms with E-state index < -0.39 is 17.5 Å². The number of halogens is 1. The smallest absolute Gasteiger partial charge is 0.299 e. The molecule has 0 unspecified atom stereocenters. The summed E-state index contributed by atoms with van der Waals surface area (Å²) in [5, 5.41) is 0. The number of hydrogen-bond donors (Lipinski definition) is 0. The molecular weight excluding hydrogens is 229 g/mol. The zero-order valence-electron chi connectivity index (χ0n) is 8.70. The summed E-state index contributed by atoms with van der Waals surface area (Å²) in [6.45, 7) is 0.477. The van der Waals surface area contributed by atoms with Gasteiger partial charge in [-0.2, -0.15) is 11.8 Å². The number of carbonyl (C=O) groups excluding carboxylic acids is 2. The summed E-state index contributed by atoms with van der Waals surface area (Å²) in [5.41, 5.74) is 0.691. The average Bonchev–Trinajstić information content (AvgIpc) is 2.50. The van der Waals surface area contributed by atoms with Gasteiger partial charge in [0.25, 0.3) is 11.7 Å². The van der Waals surface area contributed by atoms with Gasteiger partial charge in [0.1, 0.15) is 5.82 Å². The molecule has 1 aliphatic heterocycles. The van der Waals surface area contributed by atoms with Crippen molar-refractivity contribution in [3.05, 3.63) is 29.6 Å². The summed E-state index contributed by atoms with van der Waals surface area (Å²) in [7, 11) is 0. The maximum Gasteiger partial charge on any atom is 0.299 e. The van der Waals surface area contributed by atoms with Crippen molar-refractivity contribution in [3.8, 4) is 0 Å². The Bertz CT molecular complexity index is 461. The maximum atomic E-state index is 13.0. The van der Waals surface area contributed by atoms with Crippen LogP contribution in [-0.2, 0) is 4.79 Å². The molecule has 1 heterocycles. The van der Waals surface area contributed by atoms with E-state index in [-0.39, 0.29) is 5.56 Å². The minimum atomic E-state index is -0.615. The summed E-state index contributed by atoms with van der Waals surface area (Å²) >= 11 is 1.59. The highest BCUT2D eigenvalue weighted by Crippen LogP contribution is 2.29. The molecule has 1 aromatic rings. The van der Waals surface area contributed by atoms with Crippen LogP contribution < -0.4 is 4.90 Å². The monoisotopic (exact) mass is 239 g/mol. The van der Waals surface area contributed by atoms with Crippen molar-refractivity contribution in [2.45, 2.75) is 0 Å². The number of amides is 1. The number of Topliss-reactive ketones (excluding diaryl/α,β-unsaturated/α-hetero) is 1. The summed E-state index contributed by atoms with van der Waals surface area (Å²) in [6.07, 6.45) is 1.92. The number of carbonyl (C=O) groups is 2. The van der Waals surface area contributed by atoms with E-state index in [9.17, 15) is 14.0 Å². The molecule has 0 radical (unpaired) electrons. The largest absolute Gasteiger partial charge is 0.304 e. The number of ketones is 1. The third-order valence-corrected chi connectivity index (χ3v) is 3.04. The number of anilines is 1. The molecule has 0 spiro atoms. The van der Waals surface area contributed by atoms with Gasteiger partial charge in [0.05, 0.1) is 11.3 Å². The molecule has 5 heteroatoms. The average molecular weight is 239 g/mol. The first kappa shape index (κ1) is 11.1. The molecule has 0 aliphatic carbocycles. The standard InChI is InChI=1S/C11H10FNO2S/c1-16-5-4-13-9-3-2-7(12)6-8(9)10(14)11(13)15/h2-3,6H,4-5H2,1H3. The molecule has 1 aromatic carbocycles. The van der Waals surface area contributed by atoms with Crippen molar-refractivity contribution in [2.24, 2.45) is 0 Å². The van der Waals surface area contributed by atoms with Crippen LogP contribution in [0, 0.1) is 5.82 Å². The van der Waals surface area contributed by atoms with Crippen LogP contribution in [0.4, 0.5) is 10.1 Å². The summed E-state index contributed by atoms with van der Waals surface area (Å²) < 4.78 is 13.0. The van der Waals surface area contributed by atoms with Crippen molar-refractivity contribution >= 4 is 29.1 Å². The first-order valence-corrected chi connectivity index (χ1v) is 6.19. The van der Waals surface area contributed by atoms with Crippen molar-refractivity contribution in [3.63, 3.8) is 0 Å². The van der Waals surface area contributed by atoms with E-state index >= 15 is 0 Å². The van der Waals surface area contributed by atoms with Gasteiger partial charge in [0.15, 0.2) is 0 Å². The minimum absolute atomic E-state index is 0.172. The van der Waals surface area contributed by atoms with Crippen molar-refractivity contribution in [1.29, 1.82) is 0 Å². The molecule has 0 saturated carbocycles. The van der Waals surface area contributed by atoms with Gasteiger partial charge in [-0.05, 0) is 24.5 Å². The number of thioether (sulfide) groups is 1. The highest BCUT2D eigenvalue weighted by atomic mass is 32.2. The van der Waals surface area contributed by atoms with Crippen molar-refractivity contribution in [2.75, 3.05) is 23.5 Å². The van der Waals surface area contributed by atoms with E-state index in [1.165, 1.54) is 17.0 Å². The second-order valence-corrected chi connectivity index (χ2v) is 4.43. The Balaban J connectivity index is 2.38. The van der Waals surface area contributed by atoms with Gasteiger partial charge in [0, 0.05) is 12.3 Å². The highest BCUT2D eigenvalue weighted by molar-refractivity contribution is 7.98. The quantitative estimate of drug-likeness (QED) is 0.754. The van der Waals surface area contributed by atoms with Gasteiger partial charge >= 0.3 is 0 Å². The van der Waals surface area contributed by atoms with Gasteiger partial charge < -0.3 is 4.90 Å². The Morgan fingerprint density at radius 1 is 1.38 bits per heavy atom. The number of fused-ring (bicyclic) bond motifs is 1. The molecule has 1 aliphatic rings. The molecule has 0 bridgehead atoms. The van der Waals surface area contributed by atoms with Gasteiger partial charge in [-0.15, -0.1) is 0 Å². The van der Waals surface area contributed by atoms with E-state index in [1.54, 1.807) is 11.8 Å². The molecule has 84 valence electrons. The summed E-state index contributed by atoms with van der Waals surface area (Å²) in [6, 6.07) is 3.86. The second kappa shape index (κ2) is 4.25. The number of rotatable bonds is 3. The Kier molecular flexibility index (Phi) is 2.96. The SMILES string of the molecule is CSCCN1C(=O)C(=O)c2cc(F)ccc21. The van der Waals surface area contributed by atoms with Gasteiger partial charge in [-0.3, -0.25) is 9.59 Å². The molecular formula is C11H10FNO2S. The molecule has 16 heavy (non-hydrogen) atoms. The van der Waals surface area contributed by atoms with E-state index in [4.69, 9.17) is 0 Å². The van der Waals surface area contributed by atoms with Gasteiger partial charge in [0.2, 0.25) is 0 Å². The summed E-state index contributed by atoms with van der Waals surface area (Å²) in [5.74, 6) is -0.924. The maximum absolute atomic E-state index is 13.0. The fourth-order valence-electron chi connectivity index (χ4n) is 1.68. The number of hydrogen-bond acceptors (Lipinski definition) is 3.